The fraction of sp³-hybridized carbons (Fsp3) is 0.438. The second-order valence-electron chi connectivity index (χ2n) is 5.99. The van der Waals surface area contributed by atoms with Gasteiger partial charge >= 0.3 is 0 Å². The number of aromatic amines is 1. The minimum absolute atomic E-state index is 0.340. The zero-order valence-electron chi connectivity index (χ0n) is 13.6. The average molecular weight is 450 g/mol. The number of aliphatic hydroxyl groups excluding tert-OH is 3. The van der Waals surface area contributed by atoms with Crippen molar-refractivity contribution in [2.45, 2.75) is 37.6 Å². The lowest BCUT2D eigenvalue weighted by Crippen LogP contribution is -2.65. The van der Waals surface area contributed by atoms with Gasteiger partial charge in [0.15, 0.2) is 0 Å². The molecule has 1 aromatic carbocycles. The molecule has 2 heterocycles. The molecule has 0 radical (unpaired) electrons. The van der Waals surface area contributed by atoms with Crippen molar-refractivity contribution < 1.29 is 29.6 Å². The summed E-state index contributed by atoms with van der Waals surface area (Å²) in [7, 11) is 0. The van der Waals surface area contributed by atoms with Gasteiger partial charge in [-0.2, -0.15) is 0 Å². The van der Waals surface area contributed by atoms with Crippen molar-refractivity contribution in [3.63, 3.8) is 0 Å². The Morgan fingerprint density at radius 3 is 2.81 bits per heavy atom. The molecule has 1 aliphatic heterocycles. The van der Waals surface area contributed by atoms with Gasteiger partial charge in [0, 0.05) is 17.6 Å². The van der Waals surface area contributed by atoms with Crippen LogP contribution in [0.2, 0.25) is 5.02 Å². The van der Waals surface area contributed by atoms with E-state index in [9.17, 15) is 20.1 Å². The average Bonchev–Trinajstić information content (AvgIpc) is 3.01. The van der Waals surface area contributed by atoms with Crippen molar-refractivity contribution in [2.24, 2.45) is 0 Å². The number of hydrogen-bond donors (Lipinski definition) is 5. The van der Waals surface area contributed by atoms with Gasteiger partial charge in [-0.1, -0.05) is 11.6 Å². The van der Waals surface area contributed by atoms with Crippen molar-refractivity contribution in [2.75, 3.05) is 6.61 Å². The van der Waals surface area contributed by atoms with Crippen LogP contribution in [0.25, 0.3) is 10.9 Å². The first-order valence-corrected chi connectivity index (χ1v) is 9.02. The summed E-state index contributed by atoms with van der Waals surface area (Å²) in [6.07, 6.45) is -3.40. The van der Waals surface area contributed by atoms with E-state index in [4.69, 9.17) is 21.1 Å². The minimum Gasteiger partial charge on any atom is -0.460 e. The molecule has 1 amide bonds. The van der Waals surface area contributed by atoms with E-state index in [0.29, 0.717) is 20.6 Å². The zero-order valence-corrected chi connectivity index (χ0v) is 16.0. The SMILES string of the molecule is CC(=O)N[C@H]1[C@@H](Oc2c[nH]c3ccc(Br)c(Cl)c23)O[C@H](CO)[C@H](O)[C@@H]1O. The maximum Gasteiger partial charge on any atom is 0.223 e. The van der Waals surface area contributed by atoms with E-state index in [1.54, 1.807) is 18.3 Å². The topological polar surface area (TPSA) is 124 Å². The monoisotopic (exact) mass is 448 g/mol. The highest BCUT2D eigenvalue weighted by Gasteiger charge is 2.46. The molecule has 1 fully saturated rings. The normalized spacial score (nSPS) is 28.9. The van der Waals surface area contributed by atoms with Gasteiger partial charge in [-0.05, 0) is 28.1 Å². The molecule has 26 heavy (non-hydrogen) atoms. The number of aromatic nitrogens is 1. The van der Waals surface area contributed by atoms with Crippen molar-refractivity contribution in [3.8, 4) is 5.75 Å². The predicted molar refractivity (Wildman–Crippen MR) is 97.0 cm³/mol. The van der Waals surface area contributed by atoms with Gasteiger partial charge in [0.1, 0.15) is 30.1 Å². The van der Waals surface area contributed by atoms with Gasteiger partial charge in [-0.25, -0.2) is 0 Å². The molecular weight excluding hydrogens is 432 g/mol. The first kappa shape index (κ1) is 19.4. The van der Waals surface area contributed by atoms with Crippen molar-refractivity contribution in [1.29, 1.82) is 0 Å². The highest BCUT2D eigenvalue weighted by Crippen LogP contribution is 2.38. The zero-order chi connectivity index (χ0) is 19.0. The van der Waals surface area contributed by atoms with E-state index in [1.807, 2.05) is 0 Å². The van der Waals surface area contributed by atoms with E-state index in [1.165, 1.54) is 6.92 Å². The molecular formula is C16H18BrClN2O6. The van der Waals surface area contributed by atoms with E-state index >= 15 is 0 Å². The summed E-state index contributed by atoms with van der Waals surface area (Å²) in [5, 5.41) is 33.3. The largest absolute Gasteiger partial charge is 0.460 e. The lowest BCUT2D eigenvalue weighted by molar-refractivity contribution is -0.244. The predicted octanol–water partition coefficient (Wildman–Crippen LogP) is 0.906. The number of H-pyrrole nitrogens is 1. The quantitative estimate of drug-likeness (QED) is 0.473. The maximum atomic E-state index is 11.5. The third-order valence-corrected chi connectivity index (χ3v) is 5.48. The second-order valence-corrected chi connectivity index (χ2v) is 7.22. The number of hydrogen-bond acceptors (Lipinski definition) is 6. The van der Waals surface area contributed by atoms with Gasteiger partial charge in [-0.3, -0.25) is 4.79 Å². The summed E-state index contributed by atoms with van der Waals surface area (Å²) in [5.74, 6) is -0.0902. The highest BCUT2D eigenvalue weighted by atomic mass is 79.9. The van der Waals surface area contributed by atoms with Crippen molar-refractivity contribution in [3.05, 3.63) is 27.8 Å². The number of nitrogens with one attached hydrogen (secondary N) is 2. The standard InChI is InChI=1S/C16H18BrClN2O6/c1-6(22)20-13-15(24)14(23)10(5-21)26-16(13)25-9-4-19-8-3-2-7(17)12(18)11(8)9/h2-4,10,13-16,19,21,23-24H,5H2,1H3,(H,20,22)/t10-,13-,14+,15-,16+/m1/s1. The Hall–Kier alpha value is -1.36. The molecule has 1 aliphatic rings. The summed E-state index contributed by atoms with van der Waals surface area (Å²) in [6.45, 7) is 0.749. The number of benzene rings is 1. The second kappa shape index (κ2) is 7.71. The van der Waals surface area contributed by atoms with Crippen molar-refractivity contribution >= 4 is 44.3 Å². The van der Waals surface area contributed by atoms with Crippen LogP contribution in [0.1, 0.15) is 6.92 Å². The molecule has 0 aliphatic carbocycles. The molecule has 1 saturated heterocycles. The summed E-state index contributed by atoms with van der Waals surface area (Å²) >= 11 is 9.68. The summed E-state index contributed by atoms with van der Waals surface area (Å²) in [4.78, 5) is 14.5. The van der Waals surface area contributed by atoms with Gasteiger partial charge < -0.3 is 35.1 Å². The lowest BCUT2D eigenvalue weighted by atomic mass is 9.97. The van der Waals surface area contributed by atoms with E-state index in [0.717, 1.165) is 5.52 Å². The third-order valence-electron chi connectivity index (χ3n) is 4.19. The molecule has 142 valence electrons. The van der Waals surface area contributed by atoms with Crippen LogP contribution in [0.15, 0.2) is 22.8 Å². The number of carbonyl (C=O) groups excluding carboxylic acids is 1. The first-order chi connectivity index (χ1) is 12.3. The Morgan fingerprint density at radius 1 is 1.42 bits per heavy atom. The Morgan fingerprint density at radius 2 is 2.15 bits per heavy atom. The van der Waals surface area contributed by atoms with Crippen LogP contribution >= 0.6 is 27.5 Å². The molecule has 0 bridgehead atoms. The Bertz CT molecular complexity index is 815. The molecule has 3 rings (SSSR count). The van der Waals surface area contributed by atoms with Crippen LogP contribution in [0, 0.1) is 0 Å². The summed E-state index contributed by atoms with van der Waals surface area (Å²) in [6, 6.07) is 2.55. The van der Waals surface area contributed by atoms with Crippen LogP contribution in [0.5, 0.6) is 5.75 Å². The molecule has 0 spiro atoms. The van der Waals surface area contributed by atoms with Gasteiger partial charge in [0.25, 0.3) is 0 Å². The van der Waals surface area contributed by atoms with E-state index in [2.05, 4.69) is 26.2 Å². The number of ether oxygens (including phenoxy) is 2. The van der Waals surface area contributed by atoms with E-state index in [-0.39, 0.29) is 0 Å². The van der Waals surface area contributed by atoms with Crippen LogP contribution in [0.4, 0.5) is 0 Å². The molecule has 5 atom stereocenters. The summed E-state index contributed by atoms with van der Waals surface area (Å²) in [5.41, 5.74) is 0.722. The van der Waals surface area contributed by atoms with Crippen LogP contribution in [0.3, 0.4) is 0 Å². The smallest absolute Gasteiger partial charge is 0.223 e. The number of amides is 1. The molecule has 0 saturated carbocycles. The number of carbonyl (C=O) groups is 1. The molecule has 5 N–H and O–H groups in total. The summed E-state index contributed by atoms with van der Waals surface area (Å²) < 4.78 is 12.1. The molecule has 0 unspecified atom stereocenters. The number of fused-ring (bicyclic) bond motifs is 1. The number of rotatable bonds is 4. The Balaban J connectivity index is 1.95. The molecule has 1 aromatic heterocycles. The van der Waals surface area contributed by atoms with Crippen molar-refractivity contribution in [1.82, 2.24) is 10.3 Å². The first-order valence-electron chi connectivity index (χ1n) is 7.84. The fourth-order valence-corrected chi connectivity index (χ4v) is 3.50. The van der Waals surface area contributed by atoms with Crippen LogP contribution in [-0.4, -0.2) is 63.5 Å². The van der Waals surface area contributed by atoms with Crippen LogP contribution in [-0.2, 0) is 9.53 Å². The maximum absolute atomic E-state index is 11.5. The lowest BCUT2D eigenvalue weighted by Gasteiger charge is -2.41. The highest BCUT2D eigenvalue weighted by molar-refractivity contribution is 9.10. The van der Waals surface area contributed by atoms with Gasteiger partial charge in [0.05, 0.1) is 22.5 Å². The Kier molecular flexibility index (Phi) is 5.75. The van der Waals surface area contributed by atoms with Gasteiger partial charge in [0.2, 0.25) is 12.2 Å². The number of halogens is 2. The fourth-order valence-electron chi connectivity index (χ4n) is 2.92. The molecule has 8 nitrogen and oxygen atoms in total. The third kappa shape index (κ3) is 3.55. The Labute approximate surface area is 162 Å². The minimum atomic E-state index is -1.39. The van der Waals surface area contributed by atoms with Crippen LogP contribution < -0.4 is 10.1 Å². The van der Waals surface area contributed by atoms with E-state index < -0.39 is 43.2 Å². The number of aliphatic hydroxyl groups is 3. The molecule has 10 heteroatoms. The molecule has 2 aromatic rings. The van der Waals surface area contributed by atoms with Gasteiger partial charge in [-0.15, -0.1) is 0 Å².